The van der Waals surface area contributed by atoms with Crippen LogP contribution in [-0.2, 0) is 0 Å². The van der Waals surface area contributed by atoms with Gasteiger partial charge in [-0.15, -0.1) is 0 Å². The van der Waals surface area contributed by atoms with Crippen LogP contribution in [0, 0.1) is 84.7 Å². The van der Waals surface area contributed by atoms with Gasteiger partial charge >= 0.3 is 0 Å². The average molecular weight is 851 g/mol. The van der Waals surface area contributed by atoms with E-state index < -0.39 is 0 Å². The maximum Gasteiger partial charge on any atom is 0.0594 e. The molecular formula is C61H102O. The van der Waals surface area contributed by atoms with Gasteiger partial charge in [0.25, 0.3) is 0 Å². The smallest absolute Gasteiger partial charge is 0.0594 e. The van der Waals surface area contributed by atoms with Gasteiger partial charge in [0.1, 0.15) is 0 Å². The van der Waals surface area contributed by atoms with Gasteiger partial charge < -0.3 is 5.11 Å². The predicted molar refractivity (Wildman–Crippen MR) is 269 cm³/mol. The molecule has 8 rings (SSSR count). The molecule has 62 heavy (non-hydrogen) atoms. The van der Waals surface area contributed by atoms with Crippen LogP contribution in [0.15, 0.2) is 45.6 Å². The molecule has 0 aromatic rings. The maximum atomic E-state index is 10.8. The van der Waals surface area contributed by atoms with Crippen molar-refractivity contribution in [1.29, 1.82) is 0 Å². The van der Waals surface area contributed by atoms with Gasteiger partial charge in [-0.2, -0.15) is 0 Å². The lowest BCUT2D eigenvalue weighted by molar-refractivity contribution is -0.0962. The Bertz CT molecular complexity index is 1660. The zero-order chi connectivity index (χ0) is 45.6. The van der Waals surface area contributed by atoms with Gasteiger partial charge in [-0.25, -0.2) is 0 Å². The highest BCUT2D eigenvalue weighted by Crippen LogP contribution is 2.74. The molecule has 0 saturated heterocycles. The van der Waals surface area contributed by atoms with Gasteiger partial charge in [-0.1, -0.05) is 136 Å². The Morgan fingerprint density at radius 1 is 0.516 bits per heavy atom. The first-order valence-electron chi connectivity index (χ1n) is 27.2. The van der Waals surface area contributed by atoms with Gasteiger partial charge in [0.2, 0.25) is 0 Å². The monoisotopic (exact) mass is 851 g/mol. The van der Waals surface area contributed by atoms with Crippen molar-refractivity contribution in [2.24, 2.45) is 84.7 Å². The molecule has 0 aliphatic heterocycles. The second-order valence-electron chi connectivity index (χ2n) is 27.5. The van der Waals surface area contributed by atoms with Crippen LogP contribution in [-0.4, -0.2) is 11.2 Å². The Morgan fingerprint density at radius 3 is 1.34 bits per heavy atom. The summed E-state index contributed by atoms with van der Waals surface area (Å²) in [4.78, 5) is 0. The summed E-state index contributed by atoms with van der Waals surface area (Å²) in [5, 5.41) is 10.8. The molecule has 0 unspecified atom stereocenters. The second-order valence-corrected chi connectivity index (χ2v) is 27.5. The van der Waals surface area contributed by atoms with Crippen LogP contribution in [0.4, 0.5) is 0 Å². The molecular weight excluding hydrogens is 749 g/mol. The highest BCUT2D eigenvalue weighted by atomic mass is 16.3. The topological polar surface area (TPSA) is 20.2 Å². The van der Waals surface area contributed by atoms with Crippen molar-refractivity contribution in [2.45, 2.75) is 252 Å². The zero-order valence-electron chi connectivity index (χ0n) is 44.4. The number of hydrogen-bond acceptors (Lipinski definition) is 1. The molecule has 0 bridgehead atoms. The first kappa shape index (κ1) is 48.8. The summed E-state index contributed by atoms with van der Waals surface area (Å²) < 4.78 is 0. The predicted octanol–water partition coefficient (Wildman–Crippen LogP) is 18.2. The molecule has 0 aromatic carbocycles. The fourth-order valence-corrected chi connectivity index (χ4v) is 19.1. The van der Waals surface area contributed by atoms with Crippen LogP contribution in [0.1, 0.15) is 246 Å². The normalized spacial score (nSPS) is 44.9. The minimum absolute atomic E-state index is 0.0465. The van der Waals surface area contributed by atoms with Crippen molar-refractivity contribution in [3.8, 4) is 0 Å². The van der Waals surface area contributed by atoms with Crippen molar-refractivity contribution in [3.05, 3.63) is 45.6 Å². The Kier molecular flexibility index (Phi) is 13.3. The molecule has 0 amide bonds. The van der Waals surface area contributed by atoms with E-state index in [1.54, 1.807) is 0 Å². The molecule has 14 atom stereocenters. The van der Waals surface area contributed by atoms with Crippen LogP contribution in [0.5, 0.6) is 0 Å². The highest BCUT2D eigenvalue weighted by molar-refractivity contribution is 5.40. The molecule has 8 aliphatic carbocycles. The third-order valence-electron chi connectivity index (χ3n) is 23.9. The molecule has 8 aliphatic rings. The van der Waals surface area contributed by atoms with Crippen LogP contribution in [0.25, 0.3) is 0 Å². The molecule has 1 N–H and O–H groups in total. The lowest BCUT2D eigenvalue weighted by atomic mass is 9.42. The number of aliphatic hydroxyl groups is 1. The van der Waals surface area contributed by atoms with E-state index in [0.29, 0.717) is 43.8 Å². The number of allylic oxidation sites excluding steroid dienone is 8. The van der Waals surface area contributed by atoms with Crippen LogP contribution < -0.4 is 0 Å². The summed E-state index contributed by atoms with van der Waals surface area (Å²) in [6.45, 7) is 42.5. The summed E-state index contributed by atoms with van der Waals surface area (Å²) in [7, 11) is 0. The average Bonchev–Trinajstić information content (AvgIpc) is 3.64. The minimum Gasteiger partial charge on any atom is -0.393 e. The fourth-order valence-electron chi connectivity index (χ4n) is 19.1. The number of hydrogen-bond donors (Lipinski definition) is 1. The quantitative estimate of drug-likeness (QED) is 0.241. The number of aliphatic hydroxyl groups excluding tert-OH is 1. The van der Waals surface area contributed by atoms with Crippen LogP contribution in [0.3, 0.4) is 0 Å². The summed E-state index contributed by atoms with van der Waals surface area (Å²) in [5.74, 6) is 5.84. The van der Waals surface area contributed by atoms with E-state index in [0.717, 1.165) is 41.9 Å². The van der Waals surface area contributed by atoms with Gasteiger partial charge in [0.05, 0.1) is 6.10 Å². The fraction of sp³-hybridized carbons (Fsp3) is 0.869. The van der Waals surface area contributed by atoms with Gasteiger partial charge in [0, 0.05) is 0 Å². The van der Waals surface area contributed by atoms with E-state index in [1.807, 2.05) is 22.3 Å². The molecule has 0 aromatic heterocycles. The molecule has 0 spiro atoms. The first-order valence-corrected chi connectivity index (χ1v) is 27.2. The van der Waals surface area contributed by atoms with Crippen molar-refractivity contribution < 1.29 is 5.11 Å². The highest BCUT2D eigenvalue weighted by Gasteiger charge is 2.65. The van der Waals surface area contributed by atoms with Crippen molar-refractivity contribution >= 4 is 0 Å². The van der Waals surface area contributed by atoms with E-state index in [1.165, 1.54) is 133 Å². The minimum atomic E-state index is -0.130. The zero-order valence-corrected chi connectivity index (χ0v) is 44.4. The summed E-state index contributed by atoms with van der Waals surface area (Å²) in [6.07, 6.45) is 31.7. The largest absolute Gasteiger partial charge is 0.393 e. The van der Waals surface area contributed by atoms with Gasteiger partial charge in [-0.05, 0) is 241 Å². The van der Waals surface area contributed by atoms with E-state index in [-0.39, 0.29) is 11.5 Å². The molecule has 4 fully saturated rings. The van der Waals surface area contributed by atoms with Gasteiger partial charge in [0.15, 0.2) is 0 Å². The second kappa shape index (κ2) is 16.9. The van der Waals surface area contributed by atoms with Crippen molar-refractivity contribution in [2.75, 3.05) is 0 Å². The van der Waals surface area contributed by atoms with E-state index in [2.05, 4.69) is 130 Å². The van der Waals surface area contributed by atoms with E-state index in [4.69, 9.17) is 0 Å². The van der Waals surface area contributed by atoms with Gasteiger partial charge in [-0.3, -0.25) is 0 Å². The Morgan fingerprint density at radius 2 is 0.919 bits per heavy atom. The SMILES string of the molecule is CC(C)=CCC[C@@H](C)[C@H]1CC[C@@]2(C)C3=C(CC[C@]12C)[C@@]1(C)CC[C@H](C)C(C)(C)[C@@H]1CC3.CC(C)=CCC[C@@H](C)[C@H]1CC[C@@]2(C)C3=C(CC[C@]12C)[C@@]1(C)CC[C@H](O)C(C)(C)[C@@H]1CC3. The van der Waals surface area contributed by atoms with Crippen molar-refractivity contribution in [1.82, 2.24) is 0 Å². The maximum absolute atomic E-state index is 10.8. The first-order chi connectivity index (χ1) is 28.8. The Hall–Kier alpha value is -1.08. The van der Waals surface area contributed by atoms with E-state index in [9.17, 15) is 5.11 Å². The Balaban J connectivity index is 0.000000186. The third-order valence-corrected chi connectivity index (χ3v) is 23.9. The van der Waals surface area contributed by atoms with Crippen LogP contribution in [0.2, 0.25) is 0 Å². The molecule has 1 heteroatoms. The molecule has 0 heterocycles. The summed E-state index contributed by atoms with van der Waals surface area (Å²) in [5.41, 5.74) is 13.7. The standard InChI is InChI=1S/C31H52.C30H50O/c1-21(2)11-10-12-22(3)24-16-19-31(9)26-13-14-27-28(5,6)23(4)15-18-29(27,7)25(26)17-20-30(24,31)8;1-20(2)10-9-11-21(3)22-14-18-30(8)24-12-13-25-27(4,5)26(31)16-17-28(25,6)23(24)15-19-29(22,30)7/h11,22-24,27H,10,12-20H2,1-9H3;10,21-22,25-26,31H,9,11-19H2,1-8H3/t22-,23+,24-,27+,29-,30-,31+;21-,22-,25+,26+,28-,29-,30+/m11/s1. The third kappa shape index (κ3) is 7.45. The molecule has 352 valence electrons. The molecule has 1 nitrogen and oxygen atoms in total. The number of rotatable bonds is 8. The molecule has 4 saturated carbocycles. The molecule has 0 radical (unpaired) electrons. The van der Waals surface area contributed by atoms with Crippen molar-refractivity contribution in [3.63, 3.8) is 0 Å². The van der Waals surface area contributed by atoms with E-state index >= 15 is 0 Å². The Labute approximate surface area is 386 Å². The van der Waals surface area contributed by atoms with Crippen LogP contribution >= 0.6 is 0 Å². The lowest BCUT2D eigenvalue weighted by Gasteiger charge is -2.62. The summed E-state index contributed by atoms with van der Waals surface area (Å²) >= 11 is 0. The summed E-state index contributed by atoms with van der Waals surface area (Å²) in [6, 6.07) is 0. The lowest BCUT2D eigenvalue weighted by Crippen LogP contribution is -2.55. The number of fused-ring (bicyclic) bond motifs is 8.